The summed E-state index contributed by atoms with van der Waals surface area (Å²) >= 11 is 4.96. The zero-order chi connectivity index (χ0) is 11.1. The predicted molar refractivity (Wildman–Crippen MR) is 61.6 cm³/mol. The molecule has 0 aromatic heterocycles. The van der Waals surface area contributed by atoms with E-state index in [9.17, 15) is 4.79 Å². The summed E-state index contributed by atoms with van der Waals surface area (Å²) in [4.78, 5) is 11.2. The van der Waals surface area contributed by atoms with Gasteiger partial charge in [0.15, 0.2) is 5.11 Å². The lowest BCUT2D eigenvalue weighted by molar-refractivity contribution is -0.120. The van der Waals surface area contributed by atoms with Crippen LogP contribution >= 0.6 is 12.2 Å². The third kappa shape index (κ3) is 6.24. The Kier molecular flexibility index (Phi) is 5.34. The predicted octanol–water partition coefficient (Wildman–Crippen LogP) is -0.624. The number of hydrogen-bond donors (Lipinski definition) is 3. The molecule has 0 aliphatic heterocycles. The van der Waals surface area contributed by atoms with Gasteiger partial charge in [0.25, 0.3) is 0 Å². The van der Waals surface area contributed by atoms with Gasteiger partial charge in [0, 0.05) is 19.7 Å². The van der Waals surface area contributed by atoms with Crippen molar-refractivity contribution < 1.29 is 9.53 Å². The van der Waals surface area contributed by atoms with Crippen LogP contribution in [0.3, 0.4) is 0 Å². The van der Waals surface area contributed by atoms with Crippen LogP contribution in [-0.4, -0.2) is 43.9 Å². The van der Waals surface area contributed by atoms with Crippen LogP contribution in [0, 0.1) is 0 Å². The fraction of sp³-hybridized carbons (Fsp3) is 0.778. The first-order valence-electron chi connectivity index (χ1n) is 5.02. The van der Waals surface area contributed by atoms with Crippen molar-refractivity contribution in [3.8, 4) is 0 Å². The van der Waals surface area contributed by atoms with Gasteiger partial charge in [0.1, 0.15) is 0 Å². The second-order valence-electron chi connectivity index (χ2n) is 3.44. The number of rotatable bonds is 6. The van der Waals surface area contributed by atoms with E-state index in [1.54, 1.807) is 7.11 Å². The summed E-state index contributed by atoms with van der Waals surface area (Å²) in [6.07, 6.45) is 2.20. The molecule has 15 heavy (non-hydrogen) atoms. The zero-order valence-electron chi connectivity index (χ0n) is 8.84. The number of amides is 1. The largest absolute Gasteiger partial charge is 0.383 e. The van der Waals surface area contributed by atoms with Gasteiger partial charge in [-0.05, 0) is 25.1 Å². The summed E-state index contributed by atoms with van der Waals surface area (Å²) in [5.74, 6) is -0.00612. The molecule has 0 aromatic rings. The molecule has 1 aliphatic carbocycles. The Hall–Kier alpha value is -0.880. The third-order valence-corrected chi connectivity index (χ3v) is 2.23. The smallest absolute Gasteiger partial charge is 0.239 e. The molecular formula is C9H17N3O2S. The molecule has 1 saturated carbocycles. The van der Waals surface area contributed by atoms with Crippen molar-refractivity contribution in [1.82, 2.24) is 16.0 Å². The molecule has 86 valence electrons. The molecule has 0 unspecified atom stereocenters. The number of hydrogen-bond acceptors (Lipinski definition) is 3. The van der Waals surface area contributed by atoms with Gasteiger partial charge in [-0.1, -0.05) is 0 Å². The molecule has 6 heteroatoms. The van der Waals surface area contributed by atoms with Crippen LogP contribution in [0.2, 0.25) is 0 Å². The van der Waals surface area contributed by atoms with Crippen molar-refractivity contribution >= 4 is 23.2 Å². The van der Waals surface area contributed by atoms with E-state index in [4.69, 9.17) is 17.0 Å². The van der Waals surface area contributed by atoms with Crippen LogP contribution in [0.25, 0.3) is 0 Å². The van der Waals surface area contributed by atoms with E-state index in [0.717, 1.165) is 12.8 Å². The van der Waals surface area contributed by atoms with Gasteiger partial charge in [0.05, 0.1) is 13.2 Å². The van der Waals surface area contributed by atoms with Crippen molar-refractivity contribution in [3.05, 3.63) is 0 Å². The van der Waals surface area contributed by atoms with E-state index in [2.05, 4.69) is 16.0 Å². The minimum atomic E-state index is -0.00612. The van der Waals surface area contributed by atoms with E-state index >= 15 is 0 Å². The van der Waals surface area contributed by atoms with E-state index in [0.29, 0.717) is 24.3 Å². The molecule has 0 heterocycles. The van der Waals surface area contributed by atoms with Gasteiger partial charge in [-0.25, -0.2) is 0 Å². The van der Waals surface area contributed by atoms with Crippen molar-refractivity contribution in [2.24, 2.45) is 0 Å². The fourth-order valence-electron chi connectivity index (χ4n) is 0.996. The third-order valence-electron chi connectivity index (χ3n) is 1.94. The topological polar surface area (TPSA) is 62.4 Å². The highest BCUT2D eigenvalue weighted by Crippen LogP contribution is 2.17. The van der Waals surface area contributed by atoms with Crippen molar-refractivity contribution in [1.29, 1.82) is 0 Å². The molecule has 0 atom stereocenters. The van der Waals surface area contributed by atoms with Gasteiger partial charge < -0.3 is 20.7 Å². The molecule has 0 aromatic carbocycles. The maximum Gasteiger partial charge on any atom is 0.239 e. The lowest BCUT2D eigenvalue weighted by atomic mass is 10.5. The summed E-state index contributed by atoms with van der Waals surface area (Å²) < 4.78 is 4.85. The van der Waals surface area contributed by atoms with Gasteiger partial charge in [-0.3, -0.25) is 4.79 Å². The Balaban J connectivity index is 1.97. The van der Waals surface area contributed by atoms with Crippen LogP contribution in [0.15, 0.2) is 0 Å². The second kappa shape index (κ2) is 6.58. The average molecular weight is 231 g/mol. The van der Waals surface area contributed by atoms with E-state index in [-0.39, 0.29) is 12.5 Å². The highest BCUT2D eigenvalue weighted by Gasteiger charge is 2.22. The molecule has 0 saturated heterocycles. The van der Waals surface area contributed by atoms with Gasteiger partial charge in [0.2, 0.25) is 5.91 Å². The highest BCUT2D eigenvalue weighted by molar-refractivity contribution is 7.80. The van der Waals surface area contributed by atoms with E-state index < -0.39 is 0 Å². The molecular weight excluding hydrogens is 214 g/mol. The molecule has 0 radical (unpaired) electrons. The molecule has 5 nitrogen and oxygen atoms in total. The summed E-state index contributed by atoms with van der Waals surface area (Å²) in [7, 11) is 1.63. The number of ether oxygens (including phenoxy) is 1. The summed E-state index contributed by atoms with van der Waals surface area (Å²) in [6, 6.07) is 0.398. The molecule has 1 rings (SSSR count). The quantitative estimate of drug-likeness (QED) is 0.420. The molecule has 3 N–H and O–H groups in total. The number of methoxy groups -OCH3 is 1. The SMILES string of the molecule is COCCNC(=S)NCC(=O)NC1CC1. The molecule has 0 bridgehead atoms. The summed E-state index contributed by atoms with van der Waals surface area (Å²) in [6.45, 7) is 1.47. The Labute approximate surface area is 94.9 Å². The maximum absolute atomic E-state index is 11.2. The average Bonchev–Trinajstić information content (AvgIpc) is 2.99. The minimum Gasteiger partial charge on any atom is -0.383 e. The van der Waals surface area contributed by atoms with Crippen LogP contribution in [0.1, 0.15) is 12.8 Å². The molecule has 1 amide bonds. The van der Waals surface area contributed by atoms with Crippen LogP contribution in [0.4, 0.5) is 0 Å². The normalized spacial score (nSPS) is 14.5. The van der Waals surface area contributed by atoms with Crippen LogP contribution in [-0.2, 0) is 9.53 Å². The van der Waals surface area contributed by atoms with Crippen molar-refractivity contribution in [2.75, 3.05) is 26.8 Å². The fourth-order valence-corrected chi connectivity index (χ4v) is 1.17. The minimum absolute atomic E-state index is 0.00612. The number of thiocarbonyl (C=S) groups is 1. The lowest BCUT2D eigenvalue weighted by Crippen LogP contribution is -2.43. The Morgan fingerprint density at radius 2 is 2.20 bits per heavy atom. The van der Waals surface area contributed by atoms with E-state index in [1.165, 1.54) is 0 Å². The first-order valence-corrected chi connectivity index (χ1v) is 5.43. The monoisotopic (exact) mass is 231 g/mol. The summed E-state index contributed by atoms with van der Waals surface area (Å²) in [5, 5.41) is 9.10. The van der Waals surface area contributed by atoms with Gasteiger partial charge in [-0.15, -0.1) is 0 Å². The van der Waals surface area contributed by atoms with Crippen molar-refractivity contribution in [3.63, 3.8) is 0 Å². The first-order chi connectivity index (χ1) is 7.22. The van der Waals surface area contributed by atoms with Crippen molar-refractivity contribution in [2.45, 2.75) is 18.9 Å². The Bertz CT molecular complexity index is 231. The maximum atomic E-state index is 11.2. The highest BCUT2D eigenvalue weighted by atomic mass is 32.1. The summed E-state index contributed by atoms with van der Waals surface area (Å²) in [5.41, 5.74) is 0. The second-order valence-corrected chi connectivity index (χ2v) is 3.85. The first kappa shape index (κ1) is 12.2. The zero-order valence-corrected chi connectivity index (χ0v) is 9.65. The van der Waals surface area contributed by atoms with Crippen LogP contribution < -0.4 is 16.0 Å². The standard InChI is InChI=1S/C9H17N3O2S/c1-14-5-4-10-9(15)11-6-8(13)12-7-2-3-7/h7H,2-6H2,1H3,(H,12,13)(H2,10,11,15). The van der Waals surface area contributed by atoms with Gasteiger partial charge >= 0.3 is 0 Å². The Morgan fingerprint density at radius 1 is 1.47 bits per heavy atom. The van der Waals surface area contributed by atoms with Crippen LogP contribution in [0.5, 0.6) is 0 Å². The number of nitrogens with one attached hydrogen (secondary N) is 3. The number of carbonyl (C=O) groups is 1. The Morgan fingerprint density at radius 3 is 2.80 bits per heavy atom. The lowest BCUT2D eigenvalue weighted by Gasteiger charge is -2.09. The molecule has 0 spiro atoms. The molecule has 1 fully saturated rings. The van der Waals surface area contributed by atoms with E-state index in [1.807, 2.05) is 0 Å². The van der Waals surface area contributed by atoms with Gasteiger partial charge in [-0.2, -0.15) is 0 Å². The molecule has 1 aliphatic rings. The number of carbonyl (C=O) groups excluding carboxylic acids is 1.